The van der Waals surface area contributed by atoms with Gasteiger partial charge >= 0.3 is 0 Å². The summed E-state index contributed by atoms with van der Waals surface area (Å²) in [5.41, 5.74) is 1.43. The number of carbonyl (C=O) groups is 1. The third-order valence-corrected chi connectivity index (χ3v) is 4.40. The van der Waals surface area contributed by atoms with E-state index in [9.17, 15) is 9.90 Å². The molecule has 0 aliphatic carbocycles. The number of nitrogens with one attached hydrogen (secondary N) is 1. The number of benzene rings is 4. The van der Waals surface area contributed by atoms with E-state index in [1.54, 1.807) is 6.07 Å². The lowest BCUT2D eigenvalue weighted by Gasteiger charge is -2.12. The van der Waals surface area contributed by atoms with Crippen LogP contribution in [0, 0.1) is 0 Å². The summed E-state index contributed by atoms with van der Waals surface area (Å²) < 4.78 is 0. The Hall–Kier alpha value is -3.33. The number of fused-ring (bicyclic) bond motifs is 2. The molecule has 4 rings (SSSR count). The maximum Gasteiger partial charge on any atom is 0.228 e. The Morgan fingerprint density at radius 3 is 2.20 bits per heavy atom. The predicted molar refractivity (Wildman–Crippen MR) is 102 cm³/mol. The molecule has 25 heavy (non-hydrogen) atoms. The van der Waals surface area contributed by atoms with Gasteiger partial charge in [0.2, 0.25) is 5.91 Å². The maximum absolute atomic E-state index is 12.6. The lowest BCUT2D eigenvalue weighted by Crippen LogP contribution is -2.15. The minimum Gasteiger partial charge on any atom is -0.506 e. The lowest BCUT2D eigenvalue weighted by atomic mass is 10.0. The largest absolute Gasteiger partial charge is 0.506 e. The first-order valence-electron chi connectivity index (χ1n) is 8.19. The second kappa shape index (κ2) is 6.29. The Bertz CT molecular complexity index is 1080. The topological polar surface area (TPSA) is 49.3 Å². The number of rotatable bonds is 3. The van der Waals surface area contributed by atoms with Crippen molar-refractivity contribution in [2.75, 3.05) is 5.32 Å². The molecule has 0 aliphatic heterocycles. The molecule has 0 atom stereocenters. The van der Waals surface area contributed by atoms with Gasteiger partial charge in [0, 0.05) is 5.39 Å². The van der Waals surface area contributed by atoms with E-state index in [2.05, 4.69) is 5.32 Å². The van der Waals surface area contributed by atoms with Gasteiger partial charge in [0.05, 0.1) is 12.1 Å². The minimum atomic E-state index is -0.150. The van der Waals surface area contributed by atoms with E-state index in [-0.39, 0.29) is 18.1 Å². The van der Waals surface area contributed by atoms with Crippen LogP contribution in [0.25, 0.3) is 21.5 Å². The van der Waals surface area contributed by atoms with Crippen molar-refractivity contribution in [1.82, 2.24) is 0 Å². The fourth-order valence-electron chi connectivity index (χ4n) is 3.19. The molecule has 3 heteroatoms. The van der Waals surface area contributed by atoms with E-state index in [0.717, 1.165) is 27.1 Å². The van der Waals surface area contributed by atoms with Crippen molar-refractivity contribution < 1.29 is 9.90 Å². The van der Waals surface area contributed by atoms with Gasteiger partial charge in [0.15, 0.2) is 0 Å². The van der Waals surface area contributed by atoms with E-state index >= 15 is 0 Å². The zero-order valence-corrected chi connectivity index (χ0v) is 13.6. The number of hydrogen-bond donors (Lipinski definition) is 2. The Labute approximate surface area is 145 Å². The van der Waals surface area contributed by atoms with Gasteiger partial charge in [-0.3, -0.25) is 4.79 Å². The van der Waals surface area contributed by atoms with Crippen molar-refractivity contribution in [3.8, 4) is 5.75 Å². The molecule has 122 valence electrons. The highest BCUT2D eigenvalue weighted by Crippen LogP contribution is 2.32. The molecule has 2 N–H and O–H groups in total. The first-order valence-corrected chi connectivity index (χ1v) is 8.19. The fourth-order valence-corrected chi connectivity index (χ4v) is 3.19. The van der Waals surface area contributed by atoms with E-state index < -0.39 is 0 Å². The number of aromatic hydroxyl groups is 1. The summed E-state index contributed by atoms with van der Waals surface area (Å²) in [6, 6.07) is 25.1. The van der Waals surface area contributed by atoms with Crippen molar-refractivity contribution in [2.45, 2.75) is 6.42 Å². The zero-order valence-electron chi connectivity index (χ0n) is 13.6. The molecule has 0 radical (unpaired) electrons. The average molecular weight is 327 g/mol. The molecule has 0 heterocycles. The van der Waals surface area contributed by atoms with Crippen LogP contribution in [0.3, 0.4) is 0 Å². The third-order valence-electron chi connectivity index (χ3n) is 4.40. The molecule has 0 aromatic heterocycles. The summed E-state index contributed by atoms with van der Waals surface area (Å²) in [7, 11) is 0. The predicted octanol–water partition coefficient (Wildman–Crippen LogP) is 4.88. The van der Waals surface area contributed by atoms with Crippen molar-refractivity contribution in [3.05, 3.63) is 84.4 Å². The summed E-state index contributed by atoms with van der Waals surface area (Å²) in [5.74, 6) is -0.0759. The smallest absolute Gasteiger partial charge is 0.228 e. The van der Waals surface area contributed by atoms with E-state index in [1.807, 2.05) is 72.8 Å². The Morgan fingerprint density at radius 1 is 0.760 bits per heavy atom. The summed E-state index contributed by atoms with van der Waals surface area (Å²) in [5, 5.41) is 17.0. The van der Waals surface area contributed by atoms with Crippen LogP contribution in [0.2, 0.25) is 0 Å². The molecule has 3 nitrogen and oxygen atoms in total. The van der Waals surface area contributed by atoms with Crippen LogP contribution < -0.4 is 5.32 Å². The third kappa shape index (κ3) is 2.92. The van der Waals surface area contributed by atoms with E-state index in [4.69, 9.17) is 0 Å². The van der Waals surface area contributed by atoms with Crippen LogP contribution in [0.1, 0.15) is 5.56 Å². The Morgan fingerprint density at radius 2 is 1.40 bits per heavy atom. The summed E-state index contributed by atoms with van der Waals surface area (Å²) in [6.45, 7) is 0. The second-order valence-electron chi connectivity index (χ2n) is 6.04. The standard InChI is InChI=1S/C22H17NO2/c24-20-13-12-16-7-2-4-11-19(16)22(20)23-21(25)14-17-9-5-8-15-6-1-3-10-18(15)17/h1-13,24H,14H2,(H,23,25). The quantitative estimate of drug-likeness (QED) is 0.527. The van der Waals surface area contributed by atoms with Gasteiger partial charge in [-0.1, -0.05) is 72.8 Å². The van der Waals surface area contributed by atoms with Crippen molar-refractivity contribution in [1.29, 1.82) is 0 Å². The summed E-state index contributed by atoms with van der Waals surface area (Å²) >= 11 is 0. The van der Waals surface area contributed by atoms with Crippen LogP contribution in [0.15, 0.2) is 78.9 Å². The molecule has 4 aromatic carbocycles. The molecule has 4 aromatic rings. The molecule has 0 fully saturated rings. The molecule has 0 unspecified atom stereocenters. The van der Waals surface area contributed by atoms with Crippen molar-refractivity contribution in [3.63, 3.8) is 0 Å². The van der Waals surface area contributed by atoms with Crippen LogP contribution >= 0.6 is 0 Å². The molecule has 1 amide bonds. The monoisotopic (exact) mass is 327 g/mol. The number of anilines is 1. The number of amides is 1. The van der Waals surface area contributed by atoms with Crippen LogP contribution in [0.5, 0.6) is 5.75 Å². The molecule has 0 aliphatic rings. The maximum atomic E-state index is 12.6. The highest BCUT2D eigenvalue weighted by molar-refractivity contribution is 6.05. The molecule has 0 spiro atoms. The first-order chi connectivity index (χ1) is 12.2. The highest BCUT2D eigenvalue weighted by Gasteiger charge is 2.12. The minimum absolute atomic E-state index is 0.0740. The number of carbonyl (C=O) groups excluding carboxylic acids is 1. The average Bonchev–Trinajstić information content (AvgIpc) is 2.64. The van der Waals surface area contributed by atoms with Crippen LogP contribution in [-0.4, -0.2) is 11.0 Å². The molecule has 0 bridgehead atoms. The Balaban J connectivity index is 1.66. The number of phenols is 1. The first kappa shape index (κ1) is 15.2. The molecule has 0 saturated carbocycles. The summed E-state index contributed by atoms with van der Waals surface area (Å²) in [4.78, 5) is 12.6. The second-order valence-corrected chi connectivity index (χ2v) is 6.04. The Kier molecular flexibility index (Phi) is 3.82. The van der Waals surface area contributed by atoms with Gasteiger partial charge in [0.1, 0.15) is 5.75 Å². The number of phenolic OH excluding ortho intramolecular Hbond substituents is 1. The van der Waals surface area contributed by atoms with E-state index in [0.29, 0.717) is 5.69 Å². The van der Waals surface area contributed by atoms with Gasteiger partial charge < -0.3 is 10.4 Å². The van der Waals surface area contributed by atoms with Gasteiger partial charge in [-0.25, -0.2) is 0 Å². The van der Waals surface area contributed by atoms with Gasteiger partial charge in [-0.15, -0.1) is 0 Å². The van der Waals surface area contributed by atoms with Crippen molar-refractivity contribution >= 4 is 33.1 Å². The fraction of sp³-hybridized carbons (Fsp3) is 0.0455. The summed E-state index contributed by atoms with van der Waals surface area (Å²) in [6.07, 6.45) is 0.254. The normalized spacial score (nSPS) is 10.9. The number of hydrogen-bond acceptors (Lipinski definition) is 2. The van der Waals surface area contributed by atoms with Crippen LogP contribution in [-0.2, 0) is 11.2 Å². The van der Waals surface area contributed by atoms with Crippen molar-refractivity contribution in [2.24, 2.45) is 0 Å². The lowest BCUT2D eigenvalue weighted by molar-refractivity contribution is -0.115. The molecule has 0 saturated heterocycles. The van der Waals surface area contributed by atoms with Gasteiger partial charge in [-0.2, -0.15) is 0 Å². The SMILES string of the molecule is O=C(Cc1cccc2ccccc12)Nc1c(O)ccc2ccccc12. The van der Waals surface area contributed by atoms with Crippen LogP contribution in [0.4, 0.5) is 5.69 Å². The van der Waals surface area contributed by atoms with Gasteiger partial charge in [0.25, 0.3) is 0 Å². The van der Waals surface area contributed by atoms with E-state index in [1.165, 1.54) is 0 Å². The molecular formula is C22H17NO2. The highest BCUT2D eigenvalue weighted by atomic mass is 16.3. The van der Waals surface area contributed by atoms with Gasteiger partial charge in [-0.05, 0) is 27.8 Å². The molecular weight excluding hydrogens is 310 g/mol. The zero-order chi connectivity index (χ0) is 17.2.